The molecule has 0 spiro atoms. The molecule has 0 aliphatic carbocycles. The molecule has 0 aliphatic rings. The topological polar surface area (TPSA) is 114 Å². The number of nitrogens with one attached hydrogen (secondary N) is 2. The maximum atomic E-state index is 10.9. The molecular weight excluding hydrogens is 282 g/mol. The first kappa shape index (κ1) is 12.5. The minimum atomic E-state index is -0.616. The van der Waals surface area contributed by atoms with Gasteiger partial charge in [0.15, 0.2) is 0 Å². The van der Waals surface area contributed by atoms with Crippen LogP contribution in [0.4, 0.5) is 11.5 Å². The molecule has 2 rings (SSSR count). The van der Waals surface area contributed by atoms with Crippen molar-refractivity contribution >= 4 is 34.4 Å². The van der Waals surface area contributed by atoms with Crippen molar-refractivity contribution in [3.05, 3.63) is 42.3 Å². The highest BCUT2D eigenvalue weighted by Crippen LogP contribution is 2.22. The standard InChI is InChI=1S/C8H6ClN5O3S/c9-7-11-2-5(14(16)17)6(13-7)10-1-4-3-18-8(15)12-4/h2-3H,1H2,(H,12,15)(H,10,11,13). The minimum Gasteiger partial charge on any atom is -0.359 e. The summed E-state index contributed by atoms with van der Waals surface area (Å²) in [5.41, 5.74) is 0.325. The Morgan fingerprint density at radius 3 is 3.00 bits per heavy atom. The molecule has 94 valence electrons. The average molecular weight is 288 g/mol. The second-order valence-corrected chi connectivity index (χ2v) is 4.34. The smallest absolute Gasteiger partial charge is 0.329 e. The fraction of sp³-hybridized carbons (Fsp3) is 0.125. The average Bonchev–Trinajstić information content (AvgIpc) is 2.72. The van der Waals surface area contributed by atoms with Gasteiger partial charge in [-0.15, -0.1) is 0 Å². The van der Waals surface area contributed by atoms with E-state index in [9.17, 15) is 14.9 Å². The first-order valence-electron chi connectivity index (χ1n) is 4.64. The fourth-order valence-electron chi connectivity index (χ4n) is 1.20. The molecule has 2 aromatic heterocycles. The van der Waals surface area contributed by atoms with Crippen molar-refractivity contribution in [2.24, 2.45) is 0 Å². The molecule has 0 bridgehead atoms. The maximum Gasteiger partial charge on any atom is 0.329 e. The maximum absolute atomic E-state index is 10.9. The molecule has 0 aromatic carbocycles. The summed E-state index contributed by atoms with van der Waals surface area (Å²) in [4.78, 5) is 30.7. The summed E-state index contributed by atoms with van der Waals surface area (Å²) in [6.45, 7) is 0.201. The zero-order valence-electron chi connectivity index (χ0n) is 8.71. The van der Waals surface area contributed by atoms with Crippen LogP contribution in [-0.2, 0) is 6.54 Å². The summed E-state index contributed by atoms with van der Waals surface area (Å²) in [7, 11) is 0. The van der Waals surface area contributed by atoms with Gasteiger partial charge in [0.1, 0.15) is 6.20 Å². The SMILES string of the molecule is O=c1[nH]c(CNc2nc(Cl)ncc2[N+](=O)[O-])cs1. The molecule has 2 aromatic rings. The summed E-state index contributed by atoms with van der Waals surface area (Å²) in [6.07, 6.45) is 1.02. The molecule has 0 unspecified atom stereocenters. The number of rotatable bonds is 4. The van der Waals surface area contributed by atoms with Crippen LogP contribution in [0.2, 0.25) is 5.28 Å². The van der Waals surface area contributed by atoms with Crippen molar-refractivity contribution in [2.75, 3.05) is 5.32 Å². The first-order chi connectivity index (χ1) is 8.56. The van der Waals surface area contributed by atoms with E-state index in [1.54, 1.807) is 5.38 Å². The predicted octanol–water partition coefficient (Wildman–Crippen LogP) is 1.40. The number of hydrogen-bond acceptors (Lipinski definition) is 7. The number of aromatic amines is 1. The highest BCUT2D eigenvalue weighted by Gasteiger charge is 2.16. The number of anilines is 1. The summed E-state index contributed by atoms with van der Waals surface area (Å²) in [5.74, 6) is 0.00653. The summed E-state index contributed by atoms with van der Waals surface area (Å²) >= 11 is 6.58. The van der Waals surface area contributed by atoms with Gasteiger partial charge in [-0.3, -0.25) is 14.9 Å². The summed E-state index contributed by atoms with van der Waals surface area (Å²) in [5, 5.41) is 15.0. The predicted molar refractivity (Wildman–Crippen MR) is 66.0 cm³/mol. The van der Waals surface area contributed by atoms with Gasteiger partial charge in [-0.25, -0.2) is 4.98 Å². The van der Waals surface area contributed by atoms with Crippen molar-refractivity contribution in [3.63, 3.8) is 0 Å². The van der Waals surface area contributed by atoms with Gasteiger partial charge in [0, 0.05) is 11.1 Å². The van der Waals surface area contributed by atoms with Crippen molar-refractivity contribution in [2.45, 2.75) is 6.54 Å². The Labute approximate surface area is 109 Å². The Bertz CT molecular complexity index is 640. The highest BCUT2D eigenvalue weighted by molar-refractivity contribution is 7.07. The normalized spacial score (nSPS) is 10.3. The quantitative estimate of drug-likeness (QED) is 0.499. The minimum absolute atomic E-state index is 0.00653. The lowest BCUT2D eigenvalue weighted by Gasteiger charge is -2.04. The molecule has 0 radical (unpaired) electrons. The molecule has 0 saturated carbocycles. The third-order valence-electron chi connectivity index (χ3n) is 1.95. The van der Waals surface area contributed by atoms with Crippen molar-refractivity contribution < 1.29 is 4.92 Å². The molecule has 0 fully saturated rings. The monoisotopic (exact) mass is 287 g/mol. The lowest BCUT2D eigenvalue weighted by molar-refractivity contribution is -0.384. The molecule has 2 N–H and O–H groups in total. The van der Waals surface area contributed by atoms with Crippen LogP contribution in [0, 0.1) is 10.1 Å². The second-order valence-electron chi connectivity index (χ2n) is 3.16. The van der Waals surface area contributed by atoms with Crippen LogP contribution < -0.4 is 10.2 Å². The number of nitrogens with zero attached hydrogens (tertiary/aromatic N) is 3. The lowest BCUT2D eigenvalue weighted by Crippen LogP contribution is -2.07. The van der Waals surface area contributed by atoms with Crippen LogP contribution in [-0.4, -0.2) is 19.9 Å². The molecule has 0 atom stereocenters. The van der Waals surface area contributed by atoms with E-state index in [0.29, 0.717) is 5.69 Å². The zero-order valence-corrected chi connectivity index (χ0v) is 10.3. The van der Waals surface area contributed by atoms with Gasteiger partial charge in [0.2, 0.25) is 11.1 Å². The van der Waals surface area contributed by atoms with E-state index >= 15 is 0 Å². The van der Waals surface area contributed by atoms with Crippen LogP contribution in [0.1, 0.15) is 5.69 Å². The van der Waals surface area contributed by atoms with Crippen molar-refractivity contribution in [3.8, 4) is 0 Å². The summed E-state index contributed by atoms with van der Waals surface area (Å²) < 4.78 is 0. The number of nitro groups is 1. The van der Waals surface area contributed by atoms with Crippen LogP contribution in [0.5, 0.6) is 0 Å². The van der Waals surface area contributed by atoms with Crippen LogP contribution in [0.25, 0.3) is 0 Å². The summed E-state index contributed by atoms with van der Waals surface area (Å²) in [6, 6.07) is 0. The van der Waals surface area contributed by atoms with Gasteiger partial charge in [-0.1, -0.05) is 11.3 Å². The lowest BCUT2D eigenvalue weighted by atomic mass is 10.4. The van der Waals surface area contributed by atoms with Gasteiger partial charge in [-0.05, 0) is 11.6 Å². The molecule has 0 amide bonds. The molecule has 18 heavy (non-hydrogen) atoms. The van der Waals surface area contributed by atoms with E-state index in [4.69, 9.17) is 11.6 Å². The molecule has 8 nitrogen and oxygen atoms in total. The van der Waals surface area contributed by atoms with Crippen molar-refractivity contribution in [1.29, 1.82) is 0 Å². The number of hydrogen-bond donors (Lipinski definition) is 2. The van der Waals surface area contributed by atoms with Gasteiger partial charge < -0.3 is 10.3 Å². The van der Waals surface area contributed by atoms with E-state index in [0.717, 1.165) is 17.5 Å². The molecule has 10 heteroatoms. The number of aromatic nitrogens is 3. The van der Waals surface area contributed by atoms with Crippen LogP contribution in [0.15, 0.2) is 16.4 Å². The molecular formula is C8H6ClN5O3S. The molecule has 2 heterocycles. The zero-order chi connectivity index (χ0) is 13.1. The Balaban J connectivity index is 2.20. The molecule has 0 aliphatic heterocycles. The Morgan fingerprint density at radius 1 is 1.61 bits per heavy atom. The largest absolute Gasteiger partial charge is 0.359 e. The highest BCUT2D eigenvalue weighted by atomic mass is 35.5. The Kier molecular flexibility index (Phi) is 3.53. The Hall–Kier alpha value is -2.00. The van der Waals surface area contributed by atoms with E-state index < -0.39 is 4.92 Å². The molecule has 0 saturated heterocycles. The third-order valence-corrected chi connectivity index (χ3v) is 2.85. The Morgan fingerprint density at radius 2 is 2.39 bits per heavy atom. The van der Waals surface area contributed by atoms with E-state index in [2.05, 4.69) is 20.3 Å². The van der Waals surface area contributed by atoms with Gasteiger partial charge >= 0.3 is 10.6 Å². The third kappa shape index (κ3) is 2.81. The fourth-order valence-corrected chi connectivity index (χ4v) is 1.91. The second kappa shape index (κ2) is 5.10. The number of H-pyrrole nitrogens is 1. The van der Waals surface area contributed by atoms with E-state index in [-0.39, 0.29) is 28.2 Å². The van der Waals surface area contributed by atoms with Gasteiger partial charge in [0.25, 0.3) is 0 Å². The van der Waals surface area contributed by atoms with E-state index in [1.165, 1.54) is 0 Å². The number of halogens is 1. The van der Waals surface area contributed by atoms with Gasteiger partial charge in [0.05, 0.1) is 11.5 Å². The first-order valence-corrected chi connectivity index (χ1v) is 5.89. The van der Waals surface area contributed by atoms with Crippen LogP contribution >= 0.6 is 22.9 Å². The van der Waals surface area contributed by atoms with Crippen LogP contribution in [0.3, 0.4) is 0 Å². The van der Waals surface area contributed by atoms with Gasteiger partial charge in [-0.2, -0.15) is 4.98 Å². The van der Waals surface area contributed by atoms with E-state index in [1.807, 2.05) is 0 Å². The van der Waals surface area contributed by atoms with Crippen molar-refractivity contribution in [1.82, 2.24) is 15.0 Å². The number of thiazole rings is 1.